The molecule has 0 fully saturated rings. The van der Waals surface area contributed by atoms with E-state index in [0.717, 1.165) is 33.4 Å². The molecule has 0 saturated carbocycles. The van der Waals surface area contributed by atoms with Gasteiger partial charge < -0.3 is 0 Å². The first-order valence-electron chi connectivity index (χ1n) is 10.2. The van der Waals surface area contributed by atoms with Crippen LogP contribution in [0.3, 0.4) is 0 Å². The zero-order valence-electron chi connectivity index (χ0n) is 17.4. The molecule has 0 unspecified atom stereocenters. The van der Waals surface area contributed by atoms with Gasteiger partial charge in [0.25, 0.3) is 0 Å². The van der Waals surface area contributed by atoms with Gasteiger partial charge in [-0.25, -0.2) is 8.42 Å². The quantitative estimate of drug-likeness (QED) is 0.324. The summed E-state index contributed by atoms with van der Waals surface area (Å²) in [6.45, 7) is 1.95. The van der Waals surface area contributed by atoms with Crippen molar-refractivity contribution in [1.29, 1.82) is 0 Å². The third-order valence-corrected chi connectivity index (χ3v) is 6.93. The monoisotopic (exact) mass is 424 g/mol. The van der Waals surface area contributed by atoms with Crippen molar-refractivity contribution in [3.63, 3.8) is 0 Å². The molecule has 4 aromatic carbocycles. The summed E-state index contributed by atoms with van der Waals surface area (Å²) >= 11 is 0. The Morgan fingerprint density at radius 2 is 1.29 bits per heavy atom. The van der Waals surface area contributed by atoms with Gasteiger partial charge in [0.05, 0.1) is 10.6 Å². The molecule has 0 N–H and O–H groups in total. The molecule has 31 heavy (non-hydrogen) atoms. The van der Waals surface area contributed by atoms with Gasteiger partial charge in [-0.2, -0.15) is 0 Å². The molecule has 4 rings (SSSR count). The van der Waals surface area contributed by atoms with E-state index in [9.17, 15) is 8.42 Å². The number of sulfone groups is 1. The lowest BCUT2D eigenvalue weighted by Gasteiger charge is -2.12. The van der Waals surface area contributed by atoms with Gasteiger partial charge in [-0.05, 0) is 53.0 Å². The van der Waals surface area contributed by atoms with Crippen molar-refractivity contribution < 1.29 is 8.42 Å². The highest BCUT2D eigenvalue weighted by molar-refractivity contribution is 7.91. The van der Waals surface area contributed by atoms with Gasteiger partial charge in [-0.15, -0.1) is 0 Å². The molecule has 0 aliphatic carbocycles. The minimum Gasteiger partial charge on any atom is -0.223 e. The topological polar surface area (TPSA) is 34.1 Å². The fraction of sp³-hybridized carbons (Fsp3) is 0.0714. The average molecular weight is 425 g/mol. The fourth-order valence-corrected chi connectivity index (χ4v) is 4.96. The lowest BCUT2D eigenvalue weighted by molar-refractivity contribution is 0.599. The van der Waals surface area contributed by atoms with Gasteiger partial charge in [0.1, 0.15) is 0 Å². The molecule has 3 heteroatoms. The van der Waals surface area contributed by atoms with E-state index in [1.54, 1.807) is 12.1 Å². The molecule has 154 valence electrons. The molecule has 0 radical (unpaired) electrons. The summed E-state index contributed by atoms with van der Waals surface area (Å²) in [5, 5.41) is 0. The Morgan fingerprint density at radius 3 is 1.97 bits per heavy atom. The van der Waals surface area contributed by atoms with Crippen molar-refractivity contribution in [2.75, 3.05) is 5.75 Å². The first-order chi connectivity index (χ1) is 15.0. The maximum absolute atomic E-state index is 13.2. The van der Waals surface area contributed by atoms with Crippen molar-refractivity contribution >= 4 is 21.5 Å². The van der Waals surface area contributed by atoms with Crippen LogP contribution in [-0.2, 0) is 9.84 Å². The maximum atomic E-state index is 13.2. The van der Waals surface area contributed by atoms with Crippen LogP contribution >= 0.6 is 0 Å². The predicted octanol–water partition coefficient (Wildman–Crippen LogP) is 6.68. The van der Waals surface area contributed by atoms with E-state index in [2.05, 4.69) is 18.2 Å². The Morgan fingerprint density at radius 1 is 0.710 bits per heavy atom. The summed E-state index contributed by atoms with van der Waals surface area (Å²) in [7, 11) is -3.49. The number of rotatable bonds is 6. The number of hydrogen-bond acceptors (Lipinski definition) is 2. The Labute approximate surface area is 184 Å². The molecule has 0 aliphatic rings. The van der Waals surface area contributed by atoms with Gasteiger partial charge in [0, 0.05) is 0 Å². The molecule has 0 saturated heterocycles. The Hall–Kier alpha value is -3.43. The number of benzene rings is 4. The van der Waals surface area contributed by atoms with Crippen molar-refractivity contribution in [2.24, 2.45) is 0 Å². The van der Waals surface area contributed by atoms with Crippen molar-refractivity contribution in [1.82, 2.24) is 0 Å². The molecule has 0 heterocycles. The SMILES string of the molecule is Cc1ccc(S(=O)(=O)C/C(=C\c2ccccc2-c2ccccc2)c2ccccc2)cc1. The average Bonchev–Trinajstić information content (AvgIpc) is 2.80. The minimum atomic E-state index is -3.49. The van der Waals surface area contributed by atoms with Crippen molar-refractivity contribution in [2.45, 2.75) is 11.8 Å². The van der Waals surface area contributed by atoms with E-state index in [1.165, 1.54) is 0 Å². The summed E-state index contributed by atoms with van der Waals surface area (Å²) in [5.74, 6) is -0.0663. The molecule has 0 spiro atoms. The minimum absolute atomic E-state index is 0.0663. The Kier molecular flexibility index (Phi) is 6.15. The van der Waals surface area contributed by atoms with Crippen LogP contribution in [-0.4, -0.2) is 14.2 Å². The zero-order chi connectivity index (χ0) is 21.7. The summed E-state index contributed by atoms with van der Waals surface area (Å²) in [6, 6.07) is 35.0. The summed E-state index contributed by atoms with van der Waals surface area (Å²) in [5.41, 5.74) is 5.87. The second kappa shape index (κ2) is 9.15. The molecule has 0 atom stereocenters. The van der Waals surface area contributed by atoms with Crippen LogP contribution in [0.5, 0.6) is 0 Å². The van der Waals surface area contributed by atoms with Crippen molar-refractivity contribution in [3.05, 3.63) is 126 Å². The molecule has 0 aliphatic heterocycles. The van der Waals surface area contributed by atoms with E-state index in [0.29, 0.717) is 4.90 Å². The van der Waals surface area contributed by atoms with Crippen LogP contribution in [0, 0.1) is 6.92 Å². The van der Waals surface area contributed by atoms with Crippen LogP contribution < -0.4 is 0 Å². The van der Waals surface area contributed by atoms with E-state index in [4.69, 9.17) is 0 Å². The van der Waals surface area contributed by atoms with Gasteiger partial charge in [-0.1, -0.05) is 103 Å². The van der Waals surface area contributed by atoms with Crippen LogP contribution in [0.4, 0.5) is 0 Å². The highest BCUT2D eigenvalue weighted by Crippen LogP contribution is 2.29. The third kappa shape index (κ3) is 5.01. The van der Waals surface area contributed by atoms with E-state index in [1.807, 2.05) is 91.9 Å². The second-order valence-corrected chi connectivity index (χ2v) is 9.55. The largest absolute Gasteiger partial charge is 0.223 e. The van der Waals surface area contributed by atoms with Crippen molar-refractivity contribution in [3.8, 4) is 11.1 Å². The molecule has 0 amide bonds. The smallest absolute Gasteiger partial charge is 0.182 e. The molecular formula is C28H24O2S. The van der Waals surface area contributed by atoms with E-state index in [-0.39, 0.29) is 5.75 Å². The standard InChI is InChI=1S/C28H24O2S/c1-22-16-18-27(19-17-22)31(29,30)21-26(23-10-4-2-5-11-23)20-25-14-8-9-15-28(25)24-12-6-3-7-13-24/h2-20H,21H2,1H3/b26-20+. The summed E-state index contributed by atoms with van der Waals surface area (Å²) in [4.78, 5) is 0.344. The molecular weight excluding hydrogens is 400 g/mol. The predicted molar refractivity (Wildman–Crippen MR) is 129 cm³/mol. The third-order valence-electron chi connectivity index (χ3n) is 5.25. The maximum Gasteiger partial charge on any atom is 0.182 e. The van der Waals surface area contributed by atoms with E-state index < -0.39 is 9.84 Å². The lowest BCUT2D eigenvalue weighted by Crippen LogP contribution is -2.09. The molecule has 2 nitrogen and oxygen atoms in total. The molecule has 4 aromatic rings. The molecule has 0 aromatic heterocycles. The zero-order valence-corrected chi connectivity index (χ0v) is 18.2. The van der Waals surface area contributed by atoms with Gasteiger partial charge in [-0.3, -0.25) is 0 Å². The second-order valence-electron chi connectivity index (χ2n) is 7.56. The van der Waals surface area contributed by atoms with Crippen LogP contribution in [0.15, 0.2) is 114 Å². The van der Waals surface area contributed by atoms with Gasteiger partial charge in [0.2, 0.25) is 0 Å². The van der Waals surface area contributed by atoms with Gasteiger partial charge in [0.15, 0.2) is 9.84 Å². The molecule has 0 bridgehead atoms. The lowest BCUT2D eigenvalue weighted by atomic mass is 9.96. The number of aryl methyl sites for hydroxylation is 1. The number of hydrogen-bond donors (Lipinski definition) is 0. The van der Waals surface area contributed by atoms with E-state index >= 15 is 0 Å². The first-order valence-corrected chi connectivity index (χ1v) is 11.9. The Bertz CT molecular complexity index is 1290. The van der Waals surface area contributed by atoms with Crippen LogP contribution in [0.2, 0.25) is 0 Å². The first kappa shape index (κ1) is 20.8. The fourth-order valence-electron chi connectivity index (χ4n) is 3.59. The van der Waals surface area contributed by atoms with Crippen LogP contribution in [0.25, 0.3) is 22.8 Å². The highest BCUT2D eigenvalue weighted by Gasteiger charge is 2.18. The summed E-state index contributed by atoms with van der Waals surface area (Å²) in [6.07, 6.45) is 2.00. The highest BCUT2D eigenvalue weighted by atomic mass is 32.2. The summed E-state index contributed by atoms with van der Waals surface area (Å²) < 4.78 is 26.5. The normalized spacial score (nSPS) is 12.0. The van der Waals surface area contributed by atoms with Crippen LogP contribution in [0.1, 0.15) is 16.7 Å². The van der Waals surface area contributed by atoms with Gasteiger partial charge >= 0.3 is 0 Å². The Balaban J connectivity index is 1.81.